The van der Waals surface area contributed by atoms with Crippen LogP contribution in [0.5, 0.6) is 0 Å². The summed E-state index contributed by atoms with van der Waals surface area (Å²) >= 11 is 1.22. The van der Waals surface area contributed by atoms with Crippen LogP contribution in [-0.2, 0) is 9.59 Å². The molecule has 0 fully saturated rings. The molecular formula is C21H18N6O4S. The Morgan fingerprint density at radius 1 is 1.09 bits per heavy atom. The first-order chi connectivity index (χ1) is 15.3. The topological polar surface area (TPSA) is 123 Å². The molecule has 1 aromatic heterocycles. The Kier molecular flexibility index (Phi) is 5.73. The van der Waals surface area contributed by atoms with Crippen LogP contribution in [0.2, 0.25) is 0 Å². The van der Waals surface area contributed by atoms with Crippen molar-refractivity contribution < 1.29 is 14.5 Å². The van der Waals surface area contributed by atoms with E-state index in [4.69, 9.17) is 5.10 Å². The quantitative estimate of drug-likeness (QED) is 0.480. The van der Waals surface area contributed by atoms with Crippen molar-refractivity contribution in [1.29, 1.82) is 0 Å². The minimum atomic E-state index is -0.572. The van der Waals surface area contributed by atoms with E-state index in [9.17, 15) is 19.7 Å². The summed E-state index contributed by atoms with van der Waals surface area (Å²) in [5, 5.41) is 23.6. The van der Waals surface area contributed by atoms with Gasteiger partial charge in [0, 0.05) is 43.3 Å². The van der Waals surface area contributed by atoms with Gasteiger partial charge in [0.1, 0.15) is 5.37 Å². The predicted molar refractivity (Wildman–Crippen MR) is 120 cm³/mol. The Hall–Kier alpha value is -3.99. The van der Waals surface area contributed by atoms with Crippen molar-refractivity contribution >= 4 is 34.4 Å². The second-order valence-corrected chi connectivity index (χ2v) is 8.01. The second kappa shape index (κ2) is 8.63. The average molecular weight is 450 g/mol. The van der Waals surface area contributed by atoms with Gasteiger partial charge in [-0.1, -0.05) is 30.0 Å². The van der Waals surface area contributed by atoms with Gasteiger partial charge >= 0.3 is 0 Å². The fourth-order valence-electron chi connectivity index (χ4n) is 3.21. The lowest BCUT2D eigenvalue weighted by molar-refractivity contribution is -0.384. The minimum absolute atomic E-state index is 0.0327. The molecular weight excluding hydrogens is 432 g/mol. The third-order valence-electron chi connectivity index (χ3n) is 4.63. The van der Waals surface area contributed by atoms with Crippen LogP contribution < -0.4 is 5.32 Å². The maximum absolute atomic E-state index is 12.3. The van der Waals surface area contributed by atoms with E-state index < -0.39 is 10.3 Å². The Morgan fingerprint density at radius 3 is 2.38 bits per heavy atom. The number of nitro benzene ring substituents is 1. The smallest absolute Gasteiger partial charge is 0.269 e. The molecule has 2 aromatic carbocycles. The molecule has 0 bridgehead atoms. The number of rotatable bonds is 4. The van der Waals surface area contributed by atoms with Crippen LogP contribution >= 0.6 is 11.8 Å². The number of para-hydroxylation sites is 1. The van der Waals surface area contributed by atoms with Crippen LogP contribution in [0.1, 0.15) is 24.8 Å². The highest BCUT2D eigenvalue weighted by Crippen LogP contribution is 2.43. The van der Waals surface area contributed by atoms with E-state index in [1.807, 2.05) is 30.3 Å². The highest BCUT2D eigenvalue weighted by Gasteiger charge is 2.35. The summed E-state index contributed by atoms with van der Waals surface area (Å²) in [5.74, 6) is -0.596. The third-order valence-corrected chi connectivity index (χ3v) is 5.71. The molecule has 0 saturated heterocycles. The first-order valence-corrected chi connectivity index (χ1v) is 10.4. The lowest BCUT2D eigenvalue weighted by atomic mass is 10.1. The molecule has 1 unspecified atom stereocenters. The highest BCUT2D eigenvalue weighted by molar-refractivity contribution is 8.14. The van der Waals surface area contributed by atoms with E-state index in [0.29, 0.717) is 22.0 Å². The Balaban J connectivity index is 1.81. The summed E-state index contributed by atoms with van der Waals surface area (Å²) < 4.78 is 1.68. The van der Waals surface area contributed by atoms with Crippen LogP contribution in [0.3, 0.4) is 0 Å². The molecule has 3 aromatic rings. The largest absolute Gasteiger partial charge is 0.304 e. The monoisotopic (exact) mass is 450 g/mol. The van der Waals surface area contributed by atoms with Gasteiger partial charge in [-0.2, -0.15) is 5.10 Å². The molecule has 0 radical (unpaired) electrons. The number of hydrazone groups is 1. The molecule has 0 saturated carbocycles. The van der Waals surface area contributed by atoms with Crippen molar-refractivity contribution in [3.63, 3.8) is 0 Å². The molecule has 1 N–H and O–H groups in total. The van der Waals surface area contributed by atoms with Crippen LogP contribution in [0.4, 0.5) is 5.69 Å². The average Bonchev–Trinajstić information content (AvgIpc) is 3.38. The van der Waals surface area contributed by atoms with Gasteiger partial charge in [-0.15, -0.1) is 5.10 Å². The van der Waals surface area contributed by atoms with Crippen LogP contribution in [-0.4, -0.2) is 36.7 Å². The lowest BCUT2D eigenvalue weighted by Gasteiger charge is -2.18. The number of hydrogen-bond donors (Lipinski definition) is 1. The van der Waals surface area contributed by atoms with Gasteiger partial charge in [0.05, 0.1) is 16.3 Å². The number of non-ortho nitro benzene ring substituents is 1. The lowest BCUT2D eigenvalue weighted by Crippen LogP contribution is -2.25. The summed E-state index contributed by atoms with van der Waals surface area (Å²) in [6, 6.07) is 15.5. The fourth-order valence-corrected chi connectivity index (χ4v) is 4.36. The molecule has 1 aliphatic rings. The van der Waals surface area contributed by atoms with Crippen molar-refractivity contribution in [2.75, 3.05) is 0 Å². The van der Waals surface area contributed by atoms with E-state index in [2.05, 4.69) is 10.4 Å². The molecule has 1 atom stereocenters. The number of amidine groups is 1. The number of nitrogens with one attached hydrogen (secondary N) is 1. The molecule has 32 heavy (non-hydrogen) atoms. The summed E-state index contributed by atoms with van der Waals surface area (Å²) in [5.41, 5.74) is 2.65. The molecule has 0 aliphatic carbocycles. The van der Waals surface area contributed by atoms with Gasteiger partial charge in [0.15, 0.2) is 5.17 Å². The zero-order valence-electron chi connectivity index (χ0n) is 17.1. The zero-order chi connectivity index (χ0) is 22.8. The molecule has 10 nitrogen and oxygen atoms in total. The van der Waals surface area contributed by atoms with Gasteiger partial charge in [-0.3, -0.25) is 19.7 Å². The number of amides is 2. The third kappa shape index (κ3) is 4.23. The molecule has 2 amide bonds. The molecule has 11 heteroatoms. The number of aromatic nitrogens is 2. The normalized spacial score (nSPS) is 15.4. The van der Waals surface area contributed by atoms with Crippen LogP contribution in [0.15, 0.2) is 65.9 Å². The van der Waals surface area contributed by atoms with Gasteiger partial charge in [0.2, 0.25) is 11.8 Å². The SMILES string of the molecule is CC(=O)NC1=NN(C(C)=O)C(c2cn(-c3ccccc3)nc2-c2ccc([N+](=O)[O-])cc2)S1. The number of nitro groups is 1. The van der Waals surface area contributed by atoms with Gasteiger partial charge < -0.3 is 5.32 Å². The molecule has 2 heterocycles. The number of hydrogen-bond acceptors (Lipinski definition) is 7. The standard InChI is InChI=1S/C21H18N6O4S/c1-13(28)22-21-24-26(14(2)29)20(32-21)18-12-25(16-6-4-3-5-7-16)23-19(18)15-8-10-17(11-9-15)27(30)31/h3-12,20H,1-2H3,(H,22,24,28). The Morgan fingerprint density at radius 2 is 1.78 bits per heavy atom. The summed E-state index contributed by atoms with van der Waals surface area (Å²) in [4.78, 5) is 34.4. The van der Waals surface area contributed by atoms with E-state index in [1.165, 1.54) is 42.8 Å². The summed E-state index contributed by atoms with van der Waals surface area (Å²) in [6.07, 6.45) is 1.80. The Labute approximate surface area is 187 Å². The van der Waals surface area contributed by atoms with Gasteiger partial charge in [0.25, 0.3) is 5.69 Å². The number of carbonyl (C=O) groups is 2. The van der Waals surface area contributed by atoms with E-state index in [-0.39, 0.29) is 17.5 Å². The van der Waals surface area contributed by atoms with E-state index in [1.54, 1.807) is 23.0 Å². The maximum Gasteiger partial charge on any atom is 0.269 e. The predicted octanol–water partition coefficient (Wildman–Crippen LogP) is 3.45. The number of thioether (sulfide) groups is 1. The number of benzene rings is 2. The zero-order valence-corrected chi connectivity index (χ0v) is 17.9. The minimum Gasteiger partial charge on any atom is -0.304 e. The first kappa shape index (κ1) is 21.2. The number of nitrogens with zero attached hydrogens (tertiary/aromatic N) is 5. The van der Waals surface area contributed by atoms with Gasteiger partial charge in [-0.05, 0) is 24.3 Å². The van der Waals surface area contributed by atoms with Gasteiger partial charge in [-0.25, -0.2) is 9.69 Å². The van der Waals surface area contributed by atoms with Crippen LogP contribution in [0, 0.1) is 10.1 Å². The van der Waals surface area contributed by atoms with Crippen molar-refractivity contribution in [2.45, 2.75) is 19.2 Å². The molecule has 4 rings (SSSR count). The van der Waals surface area contributed by atoms with Crippen molar-refractivity contribution in [2.24, 2.45) is 5.10 Å². The highest BCUT2D eigenvalue weighted by atomic mass is 32.2. The van der Waals surface area contributed by atoms with Crippen molar-refractivity contribution in [3.05, 3.63) is 76.5 Å². The maximum atomic E-state index is 12.3. The van der Waals surface area contributed by atoms with E-state index in [0.717, 1.165) is 5.69 Å². The fraction of sp³-hybridized carbons (Fsp3) is 0.143. The van der Waals surface area contributed by atoms with Crippen molar-refractivity contribution in [1.82, 2.24) is 20.1 Å². The van der Waals surface area contributed by atoms with E-state index >= 15 is 0 Å². The summed E-state index contributed by atoms with van der Waals surface area (Å²) in [6.45, 7) is 2.76. The molecule has 1 aliphatic heterocycles. The number of carbonyl (C=O) groups excluding carboxylic acids is 2. The van der Waals surface area contributed by atoms with Crippen LogP contribution in [0.25, 0.3) is 16.9 Å². The second-order valence-electron chi connectivity index (χ2n) is 6.94. The summed E-state index contributed by atoms with van der Waals surface area (Å²) in [7, 11) is 0. The van der Waals surface area contributed by atoms with Crippen molar-refractivity contribution in [3.8, 4) is 16.9 Å². The first-order valence-electron chi connectivity index (χ1n) is 9.56. The Bertz CT molecular complexity index is 1220. The molecule has 162 valence electrons. The molecule has 0 spiro atoms.